The zero-order valence-corrected chi connectivity index (χ0v) is 10.6. The van der Waals surface area contributed by atoms with Crippen molar-refractivity contribution in [2.24, 2.45) is 5.73 Å². The van der Waals surface area contributed by atoms with Gasteiger partial charge in [-0.15, -0.1) is 0 Å². The van der Waals surface area contributed by atoms with E-state index in [0.717, 1.165) is 10.5 Å². The molecule has 0 heterocycles. The molecule has 0 aromatic heterocycles. The smallest absolute Gasteiger partial charge is 0.137 e. The lowest BCUT2D eigenvalue weighted by atomic mass is 10.2. The van der Waals surface area contributed by atoms with E-state index >= 15 is 0 Å². The van der Waals surface area contributed by atoms with E-state index in [2.05, 4.69) is 0 Å². The van der Waals surface area contributed by atoms with E-state index in [1.807, 2.05) is 12.1 Å². The number of hydrogen-bond donors (Lipinski definition) is 1. The second kappa shape index (κ2) is 5.54. The van der Waals surface area contributed by atoms with Crippen LogP contribution in [-0.2, 0) is 6.54 Å². The van der Waals surface area contributed by atoms with Gasteiger partial charge in [-0.3, -0.25) is 0 Å². The van der Waals surface area contributed by atoms with E-state index in [4.69, 9.17) is 17.3 Å². The molecule has 4 heteroatoms. The van der Waals surface area contributed by atoms with E-state index in [1.165, 1.54) is 17.8 Å². The summed E-state index contributed by atoms with van der Waals surface area (Å²) in [6.45, 7) is 0.344. The third kappa shape index (κ3) is 2.80. The summed E-state index contributed by atoms with van der Waals surface area (Å²) in [5.41, 5.74) is 6.50. The van der Waals surface area contributed by atoms with E-state index in [9.17, 15) is 4.39 Å². The molecule has 0 spiro atoms. The SMILES string of the molecule is NCc1c(Cl)cccc1Sc1ccccc1F. The van der Waals surface area contributed by atoms with Gasteiger partial charge in [-0.25, -0.2) is 4.39 Å². The second-order valence-electron chi connectivity index (χ2n) is 3.45. The first kappa shape index (κ1) is 12.4. The number of hydrogen-bond acceptors (Lipinski definition) is 2. The topological polar surface area (TPSA) is 26.0 Å². The van der Waals surface area contributed by atoms with E-state index in [0.29, 0.717) is 16.5 Å². The van der Waals surface area contributed by atoms with Crippen molar-refractivity contribution in [3.63, 3.8) is 0 Å². The van der Waals surface area contributed by atoms with Crippen LogP contribution in [0.15, 0.2) is 52.3 Å². The Kier molecular flexibility index (Phi) is 4.05. The molecule has 0 bridgehead atoms. The first-order valence-corrected chi connectivity index (χ1v) is 6.31. The maximum Gasteiger partial charge on any atom is 0.137 e. The van der Waals surface area contributed by atoms with Gasteiger partial charge in [0, 0.05) is 21.4 Å². The van der Waals surface area contributed by atoms with Crippen LogP contribution in [0.25, 0.3) is 0 Å². The zero-order valence-electron chi connectivity index (χ0n) is 8.99. The van der Waals surface area contributed by atoms with Crippen LogP contribution in [0.5, 0.6) is 0 Å². The van der Waals surface area contributed by atoms with Crippen molar-refractivity contribution in [2.45, 2.75) is 16.3 Å². The molecule has 0 saturated carbocycles. The van der Waals surface area contributed by atoms with Crippen LogP contribution in [0, 0.1) is 5.82 Å². The summed E-state index contributed by atoms with van der Waals surface area (Å²) in [5.74, 6) is -0.236. The van der Waals surface area contributed by atoms with Gasteiger partial charge in [0.25, 0.3) is 0 Å². The van der Waals surface area contributed by atoms with Gasteiger partial charge in [-0.1, -0.05) is 41.6 Å². The molecule has 0 saturated heterocycles. The molecule has 0 atom stereocenters. The van der Waals surface area contributed by atoms with Gasteiger partial charge in [0.05, 0.1) is 0 Å². The molecule has 0 aliphatic rings. The Hall–Kier alpha value is -1.03. The Morgan fingerprint density at radius 1 is 1.06 bits per heavy atom. The van der Waals surface area contributed by atoms with Gasteiger partial charge in [-0.05, 0) is 29.8 Å². The van der Waals surface area contributed by atoms with Gasteiger partial charge in [0.15, 0.2) is 0 Å². The number of nitrogens with two attached hydrogens (primary N) is 1. The molecule has 2 rings (SSSR count). The lowest BCUT2D eigenvalue weighted by Crippen LogP contribution is -1.99. The molecular formula is C13H11ClFNS. The Labute approximate surface area is 109 Å². The molecule has 17 heavy (non-hydrogen) atoms. The molecule has 2 N–H and O–H groups in total. The fraction of sp³-hybridized carbons (Fsp3) is 0.0769. The highest BCUT2D eigenvalue weighted by atomic mass is 35.5. The quantitative estimate of drug-likeness (QED) is 0.906. The Bertz CT molecular complexity index is 531. The number of rotatable bonds is 3. The molecule has 0 radical (unpaired) electrons. The van der Waals surface area contributed by atoms with Gasteiger partial charge in [0.1, 0.15) is 5.82 Å². The van der Waals surface area contributed by atoms with Crippen molar-refractivity contribution < 1.29 is 4.39 Å². The minimum atomic E-state index is -0.236. The lowest BCUT2D eigenvalue weighted by Gasteiger charge is -2.09. The van der Waals surface area contributed by atoms with Crippen LogP contribution in [0.4, 0.5) is 4.39 Å². The third-order valence-electron chi connectivity index (χ3n) is 2.34. The van der Waals surface area contributed by atoms with Crippen molar-refractivity contribution in [3.8, 4) is 0 Å². The van der Waals surface area contributed by atoms with Crippen LogP contribution in [0.1, 0.15) is 5.56 Å². The highest BCUT2D eigenvalue weighted by Crippen LogP contribution is 2.34. The summed E-state index contributed by atoms with van der Waals surface area (Å²) in [6, 6.07) is 12.2. The summed E-state index contributed by atoms with van der Waals surface area (Å²) in [5, 5.41) is 0.619. The average Bonchev–Trinajstić information content (AvgIpc) is 2.32. The Balaban J connectivity index is 2.37. The molecule has 88 valence electrons. The summed E-state index contributed by atoms with van der Waals surface area (Å²) in [7, 11) is 0. The second-order valence-corrected chi connectivity index (χ2v) is 4.94. The van der Waals surface area contributed by atoms with E-state index in [-0.39, 0.29) is 5.82 Å². The molecular weight excluding hydrogens is 257 g/mol. The van der Waals surface area contributed by atoms with Crippen molar-refractivity contribution in [2.75, 3.05) is 0 Å². The summed E-state index contributed by atoms with van der Waals surface area (Å²) >= 11 is 7.39. The first-order valence-electron chi connectivity index (χ1n) is 5.12. The van der Waals surface area contributed by atoms with Crippen LogP contribution < -0.4 is 5.73 Å². The zero-order chi connectivity index (χ0) is 12.3. The van der Waals surface area contributed by atoms with Crippen molar-refractivity contribution in [1.29, 1.82) is 0 Å². The minimum absolute atomic E-state index is 0.236. The lowest BCUT2D eigenvalue weighted by molar-refractivity contribution is 0.602. The fourth-order valence-electron chi connectivity index (χ4n) is 1.48. The highest BCUT2D eigenvalue weighted by molar-refractivity contribution is 7.99. The van der Waals surface area contributed by atoms with Gasteiger partial charge in [0.2, 0.25) is 0 Å². The molecule has 0 amide bonds. The van der Waals surface area contributed by atoms with Crippen molar-refractivity contribution >= 4 is 23.4 Å². The predicted octanol–water partition coefficient (Wildman–Crippen LogP) is 4.09. The molecule has 1 nitrogen and oxygen atoms in total. The summed E-state index contributed by atoms with van der Waals surface area (Å²) in [6.07, 6.45) is 0. The largest absolute Gasteiger partial charge is 0.326 e. The van der Waals surface area contributed by atoms with Gasteiger partial charge >= 0.3 is 0 Å². The van der Waals surface area contributed by atoms with E-state index in [1.54, 1.807) is 24.3 Å². The molecule has 2 aromatic carbocycles. The van der Waals surface area contributed by atoms with Crippen LogP contribution >= 0.6 is 23.4 Å². The van der Waals surface area contributed by atoms with Gasteiger partial charge < -0.3 is 5.73 Å². The Morgan fingerprint density at radius 2 is 1.76 bits per heavy atom. The molecule has 0 aliphatic heterocycles. The fourth-order valence-corrected chi connectivity index (χ4v) is 2.80. The molecule has 0 aliphatic carbocycles. The van der Waals surface area contributed by atoms with Crippen LogP contribution in [-0.4, -0.2) is 0 Å². The first-order chi connectivity index (χ1) is 8.22. The average molecular weight is 268 g/mol. The third-order valence-corrected chi connectivity index (χ3v) is 3.84. The van der Waals surface area contributed by atoms with Gasteiger partial charge in [-0.2, -0.15) is 0 Å². The molecule has 2 aromatic rings. The number of benzene rings is 2. The predicted molar refractivity (Wildman–Crippen MR) is 69.9 cm³/mol. The van der Waals surface area contributed by atoms with E-state index < -0.39 is 0 Å². The maximum absolute atomic E-state index is 13.5. The maximum atomic E-state index is 13.5. The molecule has 0 unspecified atom stereocenters. The molecule has 0 fully saturated rings. The van der Waals surface area contributed by atoms with Crippen LogP contribution in [0.3, 0.4) is 0 Å². The number of halogens is 2. The van der Waals surface area contributed by atoms with Crippen molar-refractivity contribution in [1.82, 2.24) is 0 Å². The standard InChI is InChI=1S/C13H11ClFNS/c14-10-4-3-7-12(9(10)8-16)17-13-6-2-1-5-11(13)15/h1-7H,8,16H2. The highest BCUT2D eigenvalue weighted by Gasteiger charge is 2.09. The summed E-state index contributed by atoms with van der Waals surface area (Å²) in [4.78, 5) is 1.47. The Morgan fingerprint density at radius 3 is 2.47 bits per heavy atom. The monoisotopic (exact) mass is 267 g/mol. The minimum Gasteiger partial charge on any atom is -0.326 e. The van der Waals surface area contributed by atoms with Crippen LogP contribution in [0.2, 0.25) is 5.02 Å². The van der Waals surface area contributed by atoms with Crippen molar-refractivity contribution in [3.05, 3.63) is 58.9 Å². The summed E-state index contributed by atoms with van der Waals surface area (Å²) < 4.78 is 13.5. The normalized spacial score (nSPS) is 10.5.